The Labute approximate surface area is 169 Å². The Morgan fingerprint density at radius 3 is 2.67 bits per heavy atom. The number of nitrogens with zero attached hydrogens (tertiary/aromatic N) is 2. The highest BCUT2D eigenvalue weighted by Gasteiger charge is 2.15. The van der Waals surface area contributed by atoms with Gasteiger partial charge in [-0.15, -0.1) is 24.0 Å². The minimum atomic E-state index is 0. The Kier molecular flexibility index (Phi) is 9.14. The van der Waals surface area contributed by atoms with Crippen LogP contribution in [-0.4, -0.2) is 48.6 Å². The van der Waals surface area contributed by atoms with Crippen LogP contribution in [0.5, 0.6) is 0 Å². The van der Waals surface area contributed by atoms with Gasteiger partial charge in [-0.05, 0) is 32.2 Å². The highest BCUT2D eigenvalue weighted by Crippen LogP contribution is 2.24. The normalized spacial score (nSPS) is 11.9. The van der Waals surface area contributed by atoms with E-state index < -0.39 is 0 Å². The average Bonchev–Trinajstić information content (AvgIpc) is 2.97. The molecule has 0 aliphatic heterocycles. The number of thiazole rings is 1. The van der Waals surface area contributed by atoms with E-state index in [1.165, 1.54) is 4.70 Å². The first-order valence-electron chi connectivity index (χ1n) is 7.63. The summed E-state index contributed by atoms with van der Waals surface area (Å²) in [5.74, 6) is 0.832. The summed E-state index contributed by atoms with van der Waals surface area (Å²) >= 11 is 3.52. The molecule has 0 radical (unpaired) electrons. The number of benzene rings is 1. The number of para-hydroxylation sites is 1. The van der Waals surface area contributed by atoms with E-state index in [9.17, 15) is 0 Å². The summed E-state index contributed by atoms with van der Waals surface area (Å²) < 4.78 is 1.40. The van der Waals surface area contributed by atoms with Gasteiger partial charge in [0.05, 0.1) is 10.2 Å². The van der Waals surface area contributed by atoms with Crippen molar-refractivity contribution < 1.29 is 0 Å². The van der Waals surface area contributed by atoms with Crippen molar-refractivity contribution in [3.8, 4) is 0 Å². The number of thioether (sulfide) groups is 1. The second-order valence-corrected chi connectivity index (χ2v) is 8.27. The van der Waals surface area contributed by atoms with E-state index in [1.54, 1.807) is 18.4 Å². The summed E-state index contributed by atoms with van der Waals surface area (Å²) in [5, 5.41) is 11.0. The van der Waals surface area contributed by atoms with Crippen molar-refractivity contribution >= 4 is 68.4 Å². The number of aromatic nitrogens is 1. The Balaban J connectivity index is 0.00000288. The van der Waals surface area contributed by atoms with Crippen molar-refractivity contribution in [2.75, 3.05) is 38.3 Å². The number of hydrogen-bond acceptors (Lipinski definition) is 5. The first-order chi connectivity index (χ1) is 11.0. The third-order valence-corrected chi connectivity index (χ3v) is 5.69. The molecule has 0 amide bonds. The van der Waals surface area contributed by atoms with Gasteiger partial charge in [0.2, 0.25) is 0 Å². The van der Waals surface area contributed by atoms with Gasteiger partial charge < -0.3 is 16.0 Å². The van der Waals surface area contributed by atoms with E-state index in [1.807, 2.05) is 30.0 Å². The van der Waals surface area contributed by atoms with Crippen molar-refractivity contribution in [1.29, 1.82) is 0 Å². The molecule has 1 aromatic heterocycles. The van der Waals surface area contributed by atoms with Crippen LogP contribution in [-0.2, 0) is 0 Å². The van der Waals surface area contributed by atoms with Crippen LogP contribution in [0.25, 0.3) is 10.2 Å². The van der Waals surface area contributed by atoms with Crippen LogP contribution in [0.4, 0.5) is 5.13 Å². The van der Waals surface area contributed by atoms with Gasteiger partial charge in [-0.25, -0.2) is 4.98 Å². The van der Waals surface area contributed by atoms with Crippen molar-refractivity contribution in [1.82, 2.24) is 15.6 Å². The van der Waals surface area contributed by atoms with E-state index in [-0.39, 0.29) is 28.7 Å². The lowest BCUT2D eigenvalue weighted by molar-refractivity contribution is 0.665. The van der Waals surface area contributed by atoms with Crippen LogP contribution in [0.3, 0.4) is 0 Å². The van der Waals surface area contributed by atoms with Gasteiger partial charge in [0.15, 0.2) is 11.1 Å². The Morgan fingerprint density at radius 1 is 1.25 bits per heavy atom. The maximum Gasteiger partial charge on any atom is 0.191 e. The van der Waals surface area contributed by atoms with Gasteiger partial charge in [-0.1, -0.05) is 23.5 Å². The summed E-state index contributed by atoms with van der Waals surface area (Å²) in [4.78, 5) is 8.81. The molecule has 0 fully saturated rings. The Bertz CT molecular complexity index is 624. The van der Waals surface area contributed by atoms with E-state index in [4.69, 9.17) is 0 Å². The molecule has 8 heteroatoms. The molecule has 0 unspecified atom stereocenters. The highest BCUT2D eigenvalue weighted by atomic mass is 127. The zero-order valence-corrected chi connectivity index (χ0v) is 18.5. The molecule has 0 saturated heterocycles. The minimum absolute atomic E-state index is 0. The van der Waals surface area contributed by atoms with E-state index in [0.717, 1.165) is 36.2 Å². The number of guanidine groups is 1. The topological polar surface area (TPSA) is 61.3 Å². The lowest BCUT2D eigenvalue weighted by Crippen LogP contribution is -2.44. The second kappa shape index (κ2) is 10.3. The van der Waals surface area contributed by atoms with Crippen LogP contribution in [0.2, 0.25) is 0 Å². The molecule has 0 aliphatic carbocycles. The number of nitrogens with one attached hydrogen (secondary N) is 3. The van der Waals surface area contributed by atoms with Gasteiger partial charge in [0.25, 0.3) is 0 Å². The third-order valence-electron chi connectivity index (χ3n) is 3.45. The number of aliphatic imine (C=N–C) groups is 1. The average molecular weight is 479 g/mol. The summed E-state index contributed by atoms with van der Waals surface area (Å²) in [6, 6.07) is 8.18. The van der Waals surface area contributed by atoms with Gasteiger partial charge in [0, 0.05) is 31.4 Å². The van der Waals surface area contributed by atoms with Crippen molar-refractivity contribution in [3.05, 3.63) is 24.3 Å². The molecule has 3 N–H and O–H groups in total. The quantitative estimate of drug-likeness (QED) is 0.245. The SMILES string of the molecule is CN=C(NCCNc1nc2ccccc2s1)NCC(C)(C)SC.I. The molecule has 0 spiro atoms. The van der Waals surface area contributed by atoms with Crippen LogP contribution in [0.15, 0.2) is 29.3 Å². The number of anilines is 1. The smallest absolute Gasteiger partial charge is 0.191 e. The summed E-state index contributed by atoms with van der Waals surface area (Å²) in [5.41, 5.74) is 1.05. The molecule has 1 aromatic carbocycles. The van der Waals surface area contributed by atoms with E-state index >= 15 is 0 Å². The Hall–Kier alpha value is -0.740. The zero-order chi connectivity index (χ0) is 16.7. The molecule has 2 rings (SSSR count). The van der Waals surface area contributed by atoms with Gasteiger partial charge in [0.1, 0.15) is 0 Å². The van der Waals surface area contributed by atoms with Crippen molar-refractivity contribution in [3.63, 3.8) is 0 Å². The van der Waals surface area contributed by atoms with Gasteiger partial charge in [-0.2, -0.15) is 11.8 Å². The molecule has 134 valence electrons. The summed E-state index contributed by atoms with van der Waals surface area (Å²) in [6.45, 7) is 6.89. The highest BCUT2D eigenvalue weighted by molar-refractivity contribution is 14.0. The maximum absolute atomic E-state index is 4.56. The largest absolute Gasteiger partial charge is 0.360 e. The third kappa shape index (κ3) is 6.64. The van der Waals surface area contributed by atoms with E-state index in [0.29, 0.717) is 0 Å². The van der Waals surface area contributed by atoms with Gasteiger partial charge >= 0.3 is 0 Å². The fourth-order valence-electron chi connectivity index (χ4n) is 1.89. The minimum Gasteiger partial charge on any atom is -0.360 e. The fraction of sp³-hybridized carbons (Fsp3) is 0.500. The molecule has 0 saturated carbocycles. The number of fused-ring (bicyclic) bond motifs is 1. The lowest BCUT2D eigenvalue weighted by atomic mass is 10.2. The lowest BCUT2D eigenvalue weighted by Gasteiger charge is -2.23. The molecular formula is C16H26IN5S2. The monoisotopic (exact) mass is 479 g/mol. The van der Waals surface area contributed by atoms with E-state index in [2.05, 4.69) is 52.1 Å². The molecule has 1 heterocycles. The van der Waals surface area contributed by atoms with Crippen molar-refractivity contribution in [2.24, 2.45) is 4.99 Å². The summed E-state index contributed by atoms with van der Waals surface area (Å²) in [7, 11) is 1.79. The summed E-state index contributed by atoms with van der Waals surface area (Å²) in [6.07, 6.45) is 2.12. The molecule has 2 aromatic rings. The first kappa shape index (κ1) is 21.3. The maximum atomic E-state index is 4.56. The zero-order valence-electron chi connectivity index (χ0n) is 14.5. The second-order valence-electron chi connectivity index (χ2n) is 5.73. The van der Waals surface area contributed by atoms with Crippen molar-refractivity contribution in [2.45, 2.75) is 18.6 Å². The number of rotatable bonds is 7. The number of hydrogen-bond donors (Lipinski definition) is 3. The molecule has 0 atom stereocenters. The first-order valence-corrected chi connectivity index (χ1v) is 9.67. The molecular weight excluding hydrogens is 453 g/mol. The predicted octanol–water partition coefficient (Wildman–Crippen LogP) is 3.63. The van der Waals surface area contributed by atoms with Crippen LogP contribution >= 0.6 is 47.1 Å². The molecule has 0 bridgehead atoms. The van der Waals surface area contributed by atoms with Gasteiger partial charge in [-0.3, -0.25) is 4.99 Å². The van der Waals surface area contributed by atoms with Crippen LogP contribution in [0, 0.1) is 0 Å². The Morgan fingerprint density at radius 2 is 2.00 bits per heavy atom. The molecule has 0 aliphatic rings. The standard InChI is InChI=1S/C16H25N5S2.HI/c1-16(2,22-4)11-20-14(17-3)18-9-10-19-15-21-12-7-5-6-8-13(12)23-15;/h5-8H,9-11H2,1-4H3,(H,19,21)(H2,17,18,20);1H. The predicted molar refractivity (Wildman–Crippen MR) is 120 cm³/mol. The van der Waals surface area contributed by atoms with Crippen LogP contribution in [0.1, 0.15) is 13.8 Å². The fourth-order valence-corrected chi connectivity index (χ4v) is 3.00. The molecule has 24 heavy (non-hydrogen) atoms. The number of halogens is 1. The van der Waals surface area contributed by atoms with Crippen LogP contribution < -0.4 is 16.0 Å². The molecule has 5 nitrogen and oxygen atoms in total.